The lowest BCUT2D eigenvalue weighted by Crippen LogP contribution is -2.41. The number of fused-ring (bicyclic) bond motifs is 2. The van der Waals surface area contributed by atoms with Crippen molar-refractivity contribution < 1.29 is 14.0 Å². The van der Waals surface area contributed by atoms with Crippen LogP contribution in [0.15, 0.2) is 18.3 Å². The van der Waals surface area contributed by atoms with Crippen LogP contribution in [0.5, 0.6) is 0 Å². The van der Waals surface area contributed by atoms with Crippen LogP contribution in [0.3, 0.4) is 0 Å². The predicted molar refractivity (Wildman–Crippen MR) is 88.5 cm³/mol. The Labute approximate surface area is 138 Å². The van der Waals surface area contributed by atoms with Crippen LogP contribution in [0, 0.1) is 0 Å². The van der Waals surface area contributed by atoms with Gasteiger partial charge >= 0.3 is 7.12 Å². The monoisotopic (exact) mass is 316 g/mol. The van der Waals surface area contributed by atoms with Crippen molar-refractivity contribution in [2.24, 2.45) is 0 Å². The maximum Gasteiger partial charge on any atom is 0.496 e. The molecule has 6 heteroatoms. The Morgan fingerprint density at radius 1 is 1.22 bits per heavy atom. The molecule has 2 unspecified atom stereocenters. The number of morpholine rings is 1. The van der Waals surface area contributed by atoms with Crippen LogP contribution >= 0.6 is 0 Å². The van der Waals surface area contributed by atoms with E-state index in [-0.39, 0.29) is 18.3 Å². The topological polar surface area (TPSA) is 43.8 Å². The van der Waals surface area contributed by atoms with E-state index in [4.69, 9.17) is 14.0 Å². The van der Waals surface area contributed by atoms with Gasteiger partial charge in [0.25, 0.3) is 0 Å². The predicted octanol–water partition coefficient (Wildman–Crippen LogP) is 1.35. The fourth-order valence-electron chi connectivity index (χ4n) is 3.53. The number of aromatic nitrogens is 1. The van der Waals surface area contributed by atoms with Crippen molar-refractivity contribution in [1.29, 1.82) is 0 Å². The number of hydrogen-bond donors (Lipinski definition) is 0. The SMILES string of the molecule is CC1(C)OB(c2ccc(CN3CC4CC3CO4)nc2)OC1(C)C. The Morgan fingerprint density at radius 2 is 1.96 bits per heavy atom. The molecule has 0 spiro atoms. The second kappa shape index (κ2) is 5.28. The molecule has 4 rings (SSSR count). The lowest BCUT2D eigenvalue weighted by Gasteiger charge is -2.32. The Morgan fingerprint density at radius 3 is 2.48 bits per heavy atom. The largest absolute Gasteiger partial charge is 0.496 e. The Bertz CT molecular complexity index is 574. The van der Waals surface area contributed by atoms with E-state index in [0.29, 0.717) is 12.1 Å². The summed E-state index contributed by atoms with van der Waals surface area (Å²) in [4.78, 5) is 7.10. The van der Waals surface area contributed by atoms with Gasteiger partial charge in [0.15, 0.2) is 0 Å². The van der Waals surface area contributed by atoms with Gasteiger partial charge in [0.05, 0.1) is 29.6 Å². The fraction of sp³-hybridized carbons (Fsp3) is 0.706. The van der Waals surface area contributed by atoms with Gasteiger partial charge in [0.1, 0.15) is 0 Å². The average molecular weight is 316 g/mol. The summed E-state index contributed by atoms with van der Waals surface area (Å²) in [5.74, 6) is 0. The van der Waals surface area contributed by atoms with Crippen molar-refractivity contribution in [2.75, 3.05) is 13.2 Å². The maximum atomic E-state index is 6.07. The zero-order valence-electron chi connectivity index (χ0n) is 14.4. The highest BCUT2D eigenvalue weighted by Gasteiger charge is 2.51. The second-order valence-corrected chi connectivity index (χ2v) is 7.95. The number of nitrogens with zero attached hydrogens (tertiary/aromatic N) is 2. The maximum absolute atomic E-state index is 6.07. The normalized spacial score (nSPS) is 31.9. The average Bonchev–Trinajstić information content (AvgIpc) is 3.14. The molecule has 1 aromatic rings. The molecule has 0 aliphatic carbocycles. The summed E-state index contributed by atoms with van der Waals surface area (Å²) in [6.07, 6.45) is 3.50. The summed E-state index contributed by atoms with van der Waals surface area (Å²) in [6, 6.07) is 4.74. The Kier molecular flexibility index (Phi) is 3.57. The first-order valence-corrected chi connectivity index (χ1v) is 8.50. The summed E-state index contributed by atoms with van der Waals surface area (Å²) in [5, 5.41) is 0. The molecule has 0 amide bonds. The third-order valence-electron chi connectivity index (χ3n) is 5.75. The quantitative estimate of drug-likeness (QED) is 0.788. The van der Waals surface area contributed by atoms with Gasteiger partial charge in [-0.1, -0.05) is 6.07 Å². The van der Waals surface area contributed by atoms with E-state index in [1.54, 1.807) is 0 Å². The fourth-order valence-corrected chi connectivity index (χ4v) is 3.53. The molecule has 0 aromatic carbocycles. The molecule has 124 valence electrons. The van der Waals surface area contributed by atoms with Crippen molar-refractivity contribution in [3.63, 3.8) is 0 Å². The summed E-state index contributed by atoms with van der Waals surface area (Å²) >= 11 is 0. The first kappa shape index (κ1) is 15.6. The minimum absolute atomic E-state index is 0.314. The van der Waals surface area contributed by atoms with Crippen molar-refractivity contribution in [2.45, 2.75) is 64.0 Å². The summed E-state index contributed by atoms with van der Waals surface area (Å²) in [5.41, 5.74) is 1.45. The molecule has 2 atom stereocenters. The van der Waals surface area contributed by atoms with Gasteiger partial charge in [0, 0.05) is 30.8 Å². The van der Waals surface area contributed by atoms with Crippen molar-refractivity contribution in [1.82, 2.24) is 9.88 Å². The number of likely N-dealkylation sites (tertiary alicyclic amines) is 1. The summed E-state index contributed by atoms with van der Waals surface area (Å²) < 4.78 is 17.8. The highest BCUT2D eigenvalue weighted by atomic mass is 16.7. The van der Waals surface area contributed by atoms with Crippen molar-refractivity contribution >= 4 is 12.6 Å². The van der Waals surface area contributed by atoms with E-state index in [0.717, 1.165) is 30.9 Å². The van der Waals surface area contributed by atoms with Crippen LogP contribution in [0.1, 0.15) is 39.8 Å². The van der Waals surface area contributed by atoms with Gasteiger partial charge in [-0.3, -0.25) is 9.88 Å². The molecule has 5 nitrogen and oxygen atoms in total. The highest BCUT2D eigenvalue weighted by molar-refractivity contribution is 6.62. The van der Waals surface area contributed by atoms with E-state index in [2.05, 4.69) is 49.7 Å². The van der Waals surface area contributed by atoms with E-state index in [1.807, 2.05) is 6.20 Å². The van der Waals surface area contributed by atoms with Gasteiger partial charge in [-0.05, 0) is 40.2 Å². The van der Waals surface area contributed by atoms with Crippen LogP contribution in [0.4, 0.5) is 0 Å². The van der Waals surface area contributed by atoms with Crippen LogP contribution in [-0.2, 0) is 20.6 Å². The molecule has 0 radical (unpaired) electrons. The number of ether oxygens (including phenoxy) is 1. The molecule has 2 bridgehead atoms. The van der Waals surface area contributed by atoms with Crippen LogP contribution < -0.4 is 5.46 Å². The van der Waals surface area contributed by atoms with Crippen LogP contribution in [0.25, 0.3) is 0 Å². The van der Waals surface area contributed by atoms with Gasteiger partial charge in [-0.15, -0.1) is 0 Å². The van der Waals surface area contributed by atoms with Gasteiger partial charge < -0.3 is 14.0 Å². The molecule has 3 aliphatic heterocycles. The highest BCUT2D eigenvalue weighted by Crippen LogP contribution is 2.36. The molecule has 1 aromatic heterocycles. The van der Waals surface area contributed by atoms with Crippen molar-refractivity contribution in [3.8, 4) is 0 Å². The minimum atomic E-state index is -0.335. The number of rotatable bonds is 3. The molecule has 23 heavy (non-hydrogen) atoms. The first-order valence-electron chi connectivity index (χ1n) is 8.50. The Balaban J connectivity index is 1.43. The lowest BCUT2D eigenvalue weighted by atomic mass is 9.80. The zero-order chi connectivity index (χ0) is 16.2. The second-order valence-electron chi connectivity index (χ2n) is 7.95. The van der Waals surface area contributed by atoms with Crippen LogP contribution in [-0.4, -0.2) is 53.5 Å². The van der Waals surface area contributed by atoms with E-state index >= 15 is 0 Å². The van der Waals surface area contributed by atoms with Gasteiger partial charge in [-0.25, -0.2) is 0 Å². The molecule has 0 N–H and O–H groups in total. The third-order valence-corrected chi connectivity index (χ3v) is 5.75. The summed E-state index contributed by atoms with van der Waals surface area (Å²) in [7, 11) is -0.335. The molecule has 0 saturated carbocycles. The van der Waals surface area contributed by atoms with E-state index < -0.39 is 0 Å². The third kappa shape index (κ3) is 2.72. The van der Waals surface area contributed by atoms with E-state index in [9.17, 15) is 0 Å². The minimum Gasteiger partial charge on any atom is -0.399 e. The lowest BCUT2D eigenvalue weighted by molar-refractivity contribution is 0.00578. The number of hydrogen-bond acceptors (Lipinski definition) is 5. The standard InChI is InChI=1S/C17H25BN2O3/c1-16(2)17(3,4)23-18(22-16)12-5-6-13(19-8-12)9-20-10-15-7-14(20)11-21-15/h5-6,8,14-15H,7,9-11H2,1-4H3. The molecule has 3 saturated heterocycles. The van der Waals surface area contributed by atoms with E-state index in [1.165, 1.54) is 6.42 Å². The molecule has 3 aliphatic rings. The molecular weight excluding hydrogens is 291 g/mol. The van der Waals surface area contributed by atoms with Gasteiger partial charge in [-0.2, -0.15) is 0 Å². The smallest absolute Gasteiger partial charge is 0.399 e. The van der Waals surface area contributed by atoms with Crippen LogP contribution in [0.2, 0.25) is 0 Å². The number of pyridine rings is 1. The summed E-state index contributed by atoms with van der Waals surface area (Å²) in [6.45, 7) is 11.1. The molecule has 3 fully saturated rings. The zero-order valence-corrected chi connectivity index (χ0v) is 14.4. The molecular formula is C17H25BN2O3. The Hall–Kier alpha value is -0.945. The van der Waals surface area contributed by atoms with Crippen molar-refractivity contribution in [3.05, 3.63) is 24.0 Å². The first-order chi connectivity index (χ1) is 10.8. The molecule has 4 heterocycles. The van der Waals surface area contributed by atoms with Gasteiger partial charge in [0.2, 0.25) is 0 Å².